The van der Waals surface area contributed by atoms with Gasteiger partial charge < -0.3 is 5.32 Å². The van der Waals surface area contributed by atoms with E-state index in [9.17, 15) is 19.2 Å². The fourth-order valence-electron chi connectivity index (χ4n) is 4.18. The summed E-state index contributed by atoms with van der Waals surface area (Å²) in [7, 11) is 0. The average Bonchev–Trinajstić information content (AvgIpc) is 2.79. The molecule has 3 aromatic rings. The number of ketones is 1. The van der Waals surface area contributed by atoms with Gasteiger partial charge in [-0.1, -0.05) is 44.2 Å². The van der Waals surface area contributed by atoms with Gasteiger partial charge in [0.2, 0.25) is 5.91 Å². The molecule has 1 aliphatic rings. The Bertz CT molecular complexity index is 1280. The third-order valence-electron chi connectivity index (χ3n) is 5.67. The molecule has 0 fully saturated rings. The summed E-state index contributed by atoms with van der Waals surface area (Å²) in [5.41, 5.74) is 3.36. The van der Waals surface area contributed by atoms with Crippen molar-refractivity contribution in [3.05, 3.63) is 77.2 Å². The Labute approximate surface area is 202 Å². The molecule has 0 saturated carbocycles. The number of pyridine rings is 1. The Morgan fingerprint density at radius 3 is 2.50 bits per heavy atom. The number of carbonyl (C=O) groups excluding carboxylic acids is 2. The second-order valence-corrected chi connectivity index (χ2v) is 10.1. The first kappa shape index (κ1) is 23.7. The number of nitrogens with one attached hydrogen (secondary N) is 1. The van der Waals surface area contributed by atoms with Crippen LogP contribution in [0.1, 0.15) is 48.3 Å². The number of Topliss-reactive ketones (excluding diaryl/α,β-unsaturated/α-hetero) is 1. The second kappa shape index (κ2) is 9.78. The summed E-state index contributed by atoms with van der Waals surface area (Å²) in [6.07, 6.45) is 1.23. The minimum Gasteiger partial charge on any atom is -0.326 e. The molecule has 1 aliphatic carbocycles. The highest BCUT2D eigenvalue weighted by Crippen LogP contribution is 2.42. The van der Waals surface area contributed by atoms with E-state index in [0.717, 1.165) is 5.56 Å². The van der Waals surface area contributed by atoms with Crippen molar-refractivity contribution >= 4 is 29.1 Å². The van der Waals surface area contributed by atoms with Gasteiger partial charge in [-0.25, -0.2) is 9.37 Å². The molecule has 0 unspecified atom stereocenters. The van der Waals surface area contributed by atoms with Gasteiger partial charge in [-0.2, -0.15) is 5.26 Å². The van der Waals surface area contributed by atoms with Gasteiger partial charge in [-0.3, -0.25) is 9.59 Å². The number of aromatic nitrogens is 1. The number of nitriles is 1. The number of amides is 1. The summed E-state index contributed by atoms with van der Waals surface area (Å²) in [4.78, 5) is 30.2. The summed E-state index contributed by atoms with van der Waals surface area (Å²) < 4.78 is 13.1. The largest absolute Gasteiger partial charge is 0.326 e. The zero-order chi connectivity index (χ0) is 24.3. The van der Waals surface area contributed by atoms with Gasteiger partial charge in [0.1, 0.15) is 16.9 Å². The number of carbonyl (C=O) groups is 2. The zero-order valence-electron chi connectivity index (χ0n) is 19.0. The summed E-state index contributed by atoms with van der Waals surface area (Å²) >= 11 is 1.33. The molecule has 1 N–H and O–H groups in total. The first-order valence-corrected chi connectivity index (χ1v) is 12.0. The number of halogens is 1. The van der Waals surface area contributed by atoms with Crippen molar-refractivity contribution in [3.8, 4) is 17.2 Å². The predicted octanol–water partition coefficient (Wildman–Crippen LogP) is 6.04. The predicted molar refractivity (Wildman–Crippen MR) is 131 cm³/mol. The Morgan fingerprint density at radius 1 is 1.12 bits per heavy atom. The van der Waals surface area contributed by atoms with Crippen LogP contribution in [0.2, 0.25) is 0 Å². The lowest BCUT2D eigenvalue weighted by atomic mass is 9.73. The molecule has 1 amide bonds. The highest BCUT2D eigenvalue weighted by atomic mass is 32.2. The Balaban J connectivity index is 1.62. The molecule has 0 spiro atoms. The van der Waals surface area contributed by atoms with Crippen LogP contribution in [0, 0.1) is 22.6 Å². The van der Waals surface area contributed by atoms with E-state index in [1.807, 2.05) is 44.2 Å². The maximum absolute atomic E-state index is 13.1. The monoisotopic (exact) mass is 473 g/mol. The number of fused-ring (bicyclic) bond motifs is 1. The Morgan fingerprint density at radius 2 is 1.82 bits per heavy atom. The molecule has 0 saturated heterocycles. The lowest BCUT2D eigenvalue weighted by Gasteiger charge is -2.31. The molecule has 1 heterocycles. The molecule has 0 aliphatic heterocycles. The smallest absolute Gasteiger partial charge is 0.225 e. The Hall–Kier alpha value is -3.50. The molecular formula is C27H24FN3O2S. The highest BCUT2D eigenvalue weighted by molar-refractivity contribution is 7.99. The van der Waals surface area contributed by atoms with Crippen molar-refractivity contribution in [3.63, 3.8) is 0 Å². The molecule has 0 bridgehead atoms. The van der Waals surface area contributed by atoms with E-state index in [1.165, 1.54) is 36.0 Å². The molecule has 0 atom stereocenters. The van der Waals surface area contributed by atoms with Gasteiger partial charge in [-0.05, 0) is 41.7 Å². The highest BCUT2D eigenvalue weighted by Gasteiger charge is 2.36. The summed E-state index contributed by atoms with van der Waals surface area (Å²) in [5, 5.41) is 13.3. The van der Waals surface area contributed by atoms with E-state index in [4.69, 9.17) is 4.98 Å². The van der Waals surface area contributed by atoms with Crippen LogP contribution >= 0.6 is 11.8 Å². The van der Waals surface area contributed by atoms with Crippen molar-refractivity contribution in [2.75, 3.05) is 11.1 Å². The standard InChI is InChI=1S/C27H24FN3O2S/c1-27(2)14-21-25(22(32)15-27)24(17-6-4-3-5-7-17)20(16-29)26(31-21)34-13-12-23(33)30-19-10-8-18(28)9-11-19/h3-11H,12-15H2,1-2H3,(H,30,33). The fourth-order valence-corrected chi connectivity index (χ4v) is 5.12. The van der Waals surface area contributed by atoms with Gasteiger partial charge in [0.05, 0.1) is 11.3 Å². The van der Waals surface area contributed by atoms with Crippen LogP contribution in [-0.2, 0) is 11.2 Å². The van der Waals surface area contributed by atoms with Crippen molar-refractivity contribution in [2.45, 2.75) is 38.1 Å². The lowest BCUT2D eigenvalue weighted by molar-refractivity contribution is -0.115. The van der Waals surface area contributed by atoms with Crippen LogP contribution in [-0.4, -0.2) is 22.4 Å². The summed E-state index contributed by atoms with van der Waals surface area (Å²) in [5.74, 6) is -0.176. The van der Waals surface area contributed by atoms with E-state index in [2.05, 4.69) is 11.4 Å². The number of hydrogen-bond donors (Lipinski definition) is 1. The first-order valence-electron chi connectivity index (χ1n) is 11.0. The topological polar surface area (TPSA) is 82.8 Å². The first-order chi connectivity index (χ1) is 16.3. The molecule has 4 rings (SSSR count). The zero-order valence-corrected chi connectivity index (χ0v) is 19.8. The van der Waals surface area contributed by atoms with E-state index >= 15 is 0 Å². The lowest BCUT2D eigenvalue weighted by Crippen LogP contribution is -2.29. The summed E-state index contributed by atoms with van der Waals surface area (Å²) in [6.45, 7) is 4.09. The fraction of sp³-hybridized carbons (Fsp3) is 0.259. The van der Waals surface area contributed by atoms with Crippen molar-refractivity contribution in [1.82, 2.24) is 4.98 Å². The van der Waals surface area contributed by atoms with Crippen molar-refractivity contribution in [2.24, 2.45) is 5.41 Å². The van der Waals surface area contributed by atoms with Crippen LogP contribution < -0.4 is 5.32 Å². The third-order valence-corrected chi connectivity index (χ3v) is 6.65. The quantitative estimate of drug-likeness (QED) is 0.442. The normalized spacial score (nSPS) is 14.2. The minimum atomic E-state index is -0.369. The van der Waals surface area contributed by atoms with E-state index in [1.54, 1.807) is 0 Å². The SMILES string of the molecule is CC1(C)CC(=O)c2c(nc(SCCC(=O)Nc3ccc(F)cc3)c(C#N)c2-c2ccccc2)C1. The molecular weight excluding hydrogens is 449 g/mol. The van der Waals surface area contributed by atoms with Gasteiger partial charge in [0.15, 0.2) is 5.78 Å². The summed E-state index contributed by atoms with van der Waals surface area (Å²) in [6, 6.07) is 17.3. The van der Waals surface area contributed by atoms with E-state index in [0.29, 0.717) is 51.7 Å². The number of benzene rings is 2. The van der Waals surface area contributed by atoms with Crippen LogP contribution in [0.25, 0.3) is 11.1 Å². The van der Waals surface area contributed by atoms with Gasteiger partial charge in [0.25, 0.3) is 0 Å². The van der Waals surface area contributed by atoms with Crippen LogP contribution in [0.3, 0.4) is 0 Å². The van der Waals surface area contributed by atoms with Gasteiger partial charge in [-0.15, -0.1) is 11.8 Å². The molecule has 1 aromatic heterocycles. The van der Waals surface area contributed by atoms with Crippen molar-refractivity contribution < 1.29 is 14.0 Å². The number of thioether (sulfide) groups is 1. The van der Waals surface area contributed by atoms with E-state index in [-0.39, 0.29) is 29.3 Å². The number of rotatable bonds is 6. The molecule has 2 aromatic carbocycles. The second-order valence-electron chi connectivity index (χ2n) is 9.06. The number of nitrogens with zero attached hydrogens (tertiary/aromatic N) is 2. The molecule has 34 heavy (non-hydrogen) atoms. The molecule has 172 valence electrons. The van der Waals surface area contributed by atoms with Crippen LogP contribution in [0.4, 0.5) is 10.1 Å². The molecule has 7 heteroatoms. The third kappa shape index (κ3) is 5.18. The van der Waals surface area contributed by atoms with E-state index < -0.39 is 0 Å². The number of anilines is 1. The average molecular weight is 474 g/mol. The van der Waals surface area contributed by atoms with Gasteiger partial charge in [0, 0.05) is 35.4 Å². The maximum atomic E-state index is 13.1. The molecule has 0 radical (unpaired) electrons. The van der Waals surface area contributed by atoms with Gasteiger partial charge >= 0.3 is 0 Å². The van der Waals surface area contributed by atoms with Crippen LogP contribution in [0.5, 0.6) is 0 Å². The van der Waals surface area contributed by atoms with Crippen molar-refractivity contribution in [1.29, 1.82) is 5.26 Å². The molecule has 5 nitrogen and oxygen atoms in total. The maximum Gasteiger partial charge on any atom is 0.225 e. The minimum absolute atomic E-state index is 0.00401. The Kier molecular flexibility index (Phi) is 6.80. The number of hydrogen-bond acceptors (Lipinski definition) is 5. The van der Waals surface area contributed by atoms with Crippen LogP contribution in [0.15, 0.2) is 59.6 Å².